The molecule has 1 spiro atoms. The maximum atomic E-state index is 12.4. The SMILES string of the molecule is CCOC(=O)C1CCC(C2CCC3(CCN(C(=O)OC(C)(C)C)C3)C2)CC1. The van der Waals surface area contributed by atoms with Crippen molar-refractivity contribution in [3.63, 3.8) is 0 Å². The number of rotatable bonds is 3. The monoisotopic (exact) mass is 379 g/mol. The van der Waals surface area contributed by atoms with Gasteiger partial charge in [-0.1, -0.05) is 0 Å². The smallest absolute Gasteiger partial charge is 0.410 e. The zero-order valence-electron chi connectivity index (χ0n) is 17.6. The quantitative estimate of drug-likeness (QED) is 0.662. The molecule has 1 amide bonds. The highest BCUT2D eigenvalue weighted by Crippen LogP contribution is 2.52. The molecule has 1 aliphatic heterocycles. The maximum Gasteiger partial charge on any atom is 0.410 e. The van der Waals surface area contributed by atoms with Crippen molar-refractivity contribution < 1.29 is 19.1 Å². The van der Waals surface area contributed by atoms with Gasteiger partial charge < -0.3 is 14.4 Å². The van der Waals surface area contributed by atoms with Gasteiger partial charge in [-0.3, -0.25) is 4.79 Å². The predicted molar refractivity (Wildman–Crippen MR) is 104 cm³/mol. The lowest BCUT2D eigenvalue weighted by Crippen LogP contribution is -2.36. The fraction of sp³-hybridized carbons (Fsp3) is 0.909. The van der Waals surface area contributed by atoms with Gasteiger partial charge in [-0.15, -0.1) is 0 Å². The minimum Gasteiger partial charge on any atom is -0.466 e. The van der Waals surface area contributed by atoms with Crippen LogP contribution in [0.5, 0.6) is 0 Å². The third kappa shape index (κ3) is 4.97. The highest BCUT2D eigenvalue weighted by atomic mass is 16.6. The Morgan fingerprint density at radius 3 is 2.37 bits per heavy atom. The second-order valence-corrected chi connectivity index (χ2v) is 10.0. The average Bonchev–Trinajstić information content (AvgIpc) is 3.21. The van der Waals surface area contributed by atoms with E-state index in [0.29, 0.717) is 12.0 Å². The summed E-state index contributed by atoms with van der Waals surface area (Å²) in [5.74, 6) is 1.62. The molecular formula is C22H37NO4. The lowest BCUT2D eigenvalue weighted by atomic mass is 9.73. The molecule has 0 N–H and O–H groups in total. The lowest BCUT2D eigenvalue weighted by Gasteiger charge is -2.32. The number of ether oxygens (including phenoxy) is 2. The molecule has 27 heavy (non-hydrogen) atoms. The van der Waals surface area contributed by atoms with Crippen molar-refractivity contribution in [1.82, 2.24) is 4.90 Å². The number of esters is 1. The minimum absolute atomic E-state index is 0.00244. The summed E-state index contributed by atoms with van der Waals surface area (Å²) in [6.07, 6.45) is 8.97. The predicted octanol–water partition coefficient (Wildman–Crippen LogP) is 4.78. The standard InChI is InChI=1S/C22H37NO4/c1-5-26-19(24)17-8-6-16(7-9-17)18-10-11-22(14-18)12-13-23(15-22)20(25)27-21(2,3)4/h16-18H,5-15H2,1-4H3. The Hall–Kier alpha value is -1.26. The minimum atomic E-state index is -0.428. The van der Waals surface area contributed by atoms with Crippen LogP contribution in [0, 0.1) is 23.2 Å². The first-order valence-electron chi connectivity index (χ1n) is 10.9. The zero-order chi connectivity index (χ0) is 19.7. The van der Waals surface area contributed by atoms with E-state index in [1.165, 1.54) is 19.3 Å². The fourth-order valence-corrected chi connectivity index (χ4v) is 5.53. The Labute approximate surface area is 164 Å². The Kier molecular flexibility index (Phi) is 6.07. The Morgan fingerprint density at radius 2 is 1.74 bits per heavy atom. The van der Waals surface area contributed by atoms with Crippen molar-refractivity contribution in [2.75, 3.05) is 19.7 Å². The maximum absolute atomic E-state index is 12.4. The van der Waals surface area contributed by atoms with Gasteiger partial charge in [0.2, 0.25) is 0 Å². The number of carbonyl (C=O) groups excluding carboxylic acids is 2. The van der Waals surface area contributed by atoms with Gasteiger partial charge in [-0.25, -0.2) is 4.79 Å². The van der Waals surface area contributed by atoms with Gasteiger partial charge >= 0.3 is 12.1 Å². The number of amides is 1. The first-order valence-corrected chi connectivity index (χ1v) is 10.9. The van der Waals surface area contributed by atoms with Crippen LogP contribution in [0.25, 0.3) is 0 Å². The molecule has 2 aliphatic carbocycles. The first-order chi connectivity index (χ1) is 12.7. The van der Waals surface area contributed by atoms with E-state index in [2.05, 4.69) is 0 Å². The molecule has 2 atom stereocenters. The van der Waals surface area contributed by atoms with Crippen molar-refractivity contribution in [3.8, 4) is 0 Å². The largest absolute Gasteiger partial charge is 0.466 e. The van der Waals surface area contributed by atoms with Crippen molar-refractivity contribution in [2.45, 2.75) is 84.7 Å². The van der Waals surface area contributed by atoms with Gasteiger partial charge in [-0.2, -0.15) is 0 Å². The first kappa shape index (κ1) is 20.5. The molecular weight excluding hydrogens is 342 g/mol. The van der Waals surface area contributed by atoms with Crippen molar-refractivity contribution in [2.24, 2.45) is 23.2 Å². The van der Waals surface area contributed by atoms with Crippen molar-refractivity contribution >= 4 is 12.1 Å². The third-order valence-corrected chi connectivity index (χ3v) is 6.89. The number of carbonyl (C=O) groups is 2. The van der Waals surface area contributed by atoms with Crippen LogP contribution >= 0.6 is 0 Å². The van der Waals surface area contributed by atoms with Gasteiger partial charge in [0.25, 0.3) is 0 Å². The topological polar surface area (TPSA) is 55.8 Å². The normalized spacial score (nSPS) is 34.1. The molecule has 2 unspecified atom stereocenters. The van der Waals surface area contributed by atoms with Gasteiger partial charge in [0.15, 0.2) is 0 Å². The Balaban J connectivity index is 1.48. The Bertz CT molecular complexity index is 547. The molecule has 2 saturated carbocycles. The molecule has 5 nitrogen and oxygen atoms in total. The summed E-state index contributed by atoms with van der Waals surface area (Å²) in [4.78, 5) is 26.3. The molecule has 0 radical (unpaired) electrons. The van der Waals surface area contributed by atoms with Gasteiger partial charge in [-0.05, 0) is 96.3 Å². The van der Waals surface area contributed by atoms with Crippen molar-refractivity contribution in [3.05, 3.63) is 0 Å². The molecule has 3 fully saturated rings. The number of nitrogens with zero attached hydrogens (tertiary/aromatic N) is 1. The van der Waals surface area contributed by atoms with E-state index >= 15 is 0 Å². The summed E-state index contributed by atoms with van der Waals surface area (Å²) in [5, 5.41) is 0. The van der Waals surface area contributed by atoms with E-state index in [1.54, 1.807) is 0 Å². The van der Waals surface area contributed by atoms with E-state index in [0.717, 1.165) is 57.0 Å². The van der Waals surface area contributed by atoms with Crippen LogP contribution in [0.15, 0.2) is 0 Å². The summed E-state index contributed by atoms with van der Waals surface area (Å²) in [6.45, 7) is 9.83. The Morgan fingerprint density at radius 1 is 1.04 bits per heavy atom. The number of likely N-dealkylation sites (tertiary alicyclic amines) is 1. The molecule has 1 saturated heterocycles. The fourth-order valence-electron chi connectivity index (χ4n) is 5.53. The van der Waals surface area contributed by atoms with Gasteiger partial charge in [0.05, 0.1) is 12.5 Å². The summed E-state index contributed by atoms with van der Waals surface area (Å²) < 4.78 is 10.8. The molecule has 0 aromatic rings. The molecule has 1 heterocycles. The molecule has 0 aromatic carbocycles. The van der Waals surface area contributed by atoms with Gasteiger partial charge in [0.1, 0.15) is 5.60 Å². The highest BCUT2D eigenvalue weighted by molar-refractivity contribution is 5.72. The molecule has 3 rings (SSSR count). The van der Waals surface area contributed by atoms with E-state index in [1.807, 2.05) is 32.6 Å². The zero-order valence-corrected chi connectivity index (χ0v) is 17.6. The third-order valence-electron chi connectivity index (χ3n) is 6.89. The lowest BCUT2D eigenvalue weighted by molar-refractivity contribution is -0.149. The summed E-state index contributed by atoms with van der Waals surface area (Å²) in [7, 11) is 0. The molecule has 0 bridgehead atoms. The van der Waals surface area contributed by atoms with Crippen LogP contribution < -0.4 is 0 Å². The van der Waals surface area contributed by atoms with Crippen LogP contribution in [0.2, 0.25) is 0 Å². The van der Waals surface area contributed by atoms with Crippen LogP contribution in [0.3, 0.4) is 0 Å². The highest BCUT2D eigenvalue weighted by Gasteiger charge is 2.48. The molecule has 154 valence electrons. The van der Waals surface area contributed by atoms with Crippen LogP contribution in [-0.2, 0) is 14.3 Å². The second-order valence-electron chi connectivity index (χ2n) is 10.0. The van der Waals surface area contributed by atoms with E-state index in [4.69, 9.17) is 9.47 Å². The van der Waals surface area contributed by atoms with Crippen molar-refractivity contribution in [1.29, 1.82) is 0 Å². The van der Waals surface area contributed by atoms with E-state index in [9.17, 15) is 9.59 Å². The van der Waals surface area contributed by atoms with Crippen LogP contribution in [0.1, 0.15) is 79.1 Å². The van der Waals surface area contributed by atoms with Gasteiger partial charge in [0, 0.05) is 13.1 Å². The summed E-state index contributed by atoms with van der Waals surface area (Å²) in [5.41, 5.74) is -0.123. The molecule has 5 heteroatoms. The number of hydrogen-bond donors (Lipinski definition) is 0. The second kappa shape index (κ2) is 8.00. The van der Waals surface area contributed by atoms with Crippen LogP contribution in [-0.4, -0.2) is 42.3 Å². The van der Waals surface area contributed by atoms with E-state index in [-0.39, 0.29) is 18.0 Å². The molecule has 3 aliphatic rings. The average molecular weight is 380 g/mol. The number of hydrogen-bond acceptors (Lipinski definition) is 4. The van der Waals surface area contributed by atoms with Crippen LogP contribution in [0.4, 0.5) is 4.79 Å². The van der Waals surface area contributed by atoms with E-state index < -0.39 is 5.60 Å². The summed E-state index contributed by atoms with van der Waals surface area (Å²) >= 11 is 0. The molecule has 0 aromatic heterocycles. The summed E-state index contributed by atoms with van der Waals surface area (Å²) in [6, 6.07) is 0.